The van der Waals surface area contributed by atoms with Gasteiger partial charge in [0.25, 0.3) is 0 Å². The lowest BCUT2D eigenvalue weighted by atomic mass is 9.86. The third kappa shape index (κ3) is 4.11. The van der Waals surface area contributed by atoms with Crippen LogP contribution in [0.1, 0.15) is 46.0 Å². The topological polar surface area (TPSA) is 56.7 Å². The Kier molecular flexibility index (Phi) is 5.48. The Labute approximate surface area is 128 Å². The number of carbonyl (C=O) groups excluding carboxylic acids is 1. The van der Waals surface area contributed by atoms with Crippen molar-refractivity contribution >= 4 is 11.9 Å². The molecule has 2 aliphatic rings. The molecule has 1 aliphatic heterocycles. The van der Waals surface area contributed by atoms with E-state index in [1.807, 2.05) is 20.9 Å². The Morgan fingerprint density at radius 2 is 1.86 bits per heavy atom. The van der Waals surface area contributed by atoms with Crippen LogP contribution in [-0.2, 0) is 4.79 Å². The molecule has 2 fully saturated rings. The first-order chi connectivity index (χ1) is 10.1. The second-order valence-electron chi connectivity index (χ2n) is 6.80. The summed E-state index contributed by atoms with van der Waals surface area (Å²) in [5.74, 6) is 1.14. The lowest BCUT2D eigenvalue weighted by Gasteiger charge is -2.26. The normalized spacial score (nSPS) is 21.3. The zero-order valence-electron chi connectivity index (χ0n) is 13.7. The minimum atomic E-state index is 0.0464. The van der Waals surface area contributed by atoms with E-state index in [-0.39, 0.29) is 11.8 Å². The number of rotatable bonds is 4. The quantitative estimate of drug-likeness (QED) is 0.470. The highest BCUT2D eigenvalue weighted by Crippen LogP contribution is 2.45. The molecule has 1 aliphatic carbocycles. The lowest BCUT2D eigenvalue weighted by Crippen LogP contribution is -2.44. The van der Waals surface area contributed by atoms with Crippen molar-refractivity contribution in [3.63, 3.8) is 0 Å². The number of nitrogens with one attached hydrogen (secondary N) is 2. The van der Waals surface area contributed by atoms with Gasteiger partial charge < -0.3 is 15.5 Å². The molecule has 21 heavy (non-hydrogen) atoms. The van der Waals surface area contributed by atoms with Crippen LogP contribution in [0, 0.1) is 11.3 Å². The molecule has 0 bridgehead atoms. The SMILES string of the molecule is CN=C(NCCNC(=O)C(C)C)N1CCC2(CCCC2)C1. The van der Waals surface area contributed by atoms with E-state index < -0.39 is 0 Å². The van der Waals surface area contributed by atoms with Crippen LogP contribution in [0.15, 0.2) is 4.99 Å². The summed E-state index contributed by atoms with van der Waals surface area (Å²) in [7, 11) is 1.84. The monoisotopic (exact) mass is 294 g/mol. The fourth-order valence-corrected chi connectivity index (χ4v) is 3.55. The van der Waals surface area contributed by atoms with Gasteiger partial charge in [0, 0.05) is 39.1 Å². The average molecular weight is 294 g/mol. The maximum atomic E-state index is 11.5. The van der Waals surface area contributed by atoms with Crippen molar-refractivity contribution in [3.8, 4) is 0 Å². The molecule has 2 N–H and O–H groups in total. The minimum Gasteiger partial charge on any atom is -0.354 e. The molecule has 120 valence electrons. The van der Waals surface area contributed by atoms with Crippen LogP contribution in [0.5, 0.6) is 0 Å². The molecule has 5 heteroatoms. The number of likely N-dealkylation sites (tertiary alicyclic amines) is 1. The van der Waals surface area contributed by atoms with Gasteiger partial charge in [-0.05, 0) is 24.7 Å². The van der Waals surface area contributed by atoms with Crippen LogP contribution in [-0.4, -0.2) is 50.0 Å². The fraction of sp³-hybridized carbons (Fsp3) is 0.875. The first-order valence-corrected chi connectivity index (χ1v) is 8.30. The largest absolute Gasteiger partial charge is 0.354 e. The molecular formula is C16H30N4O. The maximum Gasteiger partial charge on any atom is 0.222 e. The van der Waals surface area contributed by atoms with Crippen molar-refractivity contribution in [1.29, 1.82) is 0 Å². The van der Waals surface area contributed by atoms with E-state index in [0.29, 0.717) is 12.0 Å². The summed E-state index contributed by atoms with van der Waals surface area (Å²) < 4.78 is 0. The first kappa shape index (κ1) is 16.1. The molecule has 1 saturated carbocycles. The number of hydrogen-bond donors (Lipinski definition) is 2. The molecule has 1 saturated heterocycles. The summed E-state index contributed by atoms with van der Waals surface area (Å²) in [5.41, 5.74) is 0.559. The van der Waals surface area contributed by atoms with Crippen LogP contribution in [0.4, 0.5) is 0 Å². The van der Waals surface area contributed by atoms with E-state index in [1.165, 1.54) is 32.1 Å². The van der Waals surface area contributed by atoms with Gasteiger partial charge in [-0.25, -0.2) is 0 Å². The smallest absolute Gasteiger partial charge is 0.222 e. The van der Waals surface area contributed by atoms with E-state index in [0.717, 1.165) is 25.6 Å². The van der Waals surface area contributed by atoms with Crippen molar-refractivity contribution < 1.29 is 4.79 Å². The first-order valence-electron chi connectivity index (χ1n) is 8.30. The van der Waals surface area contributed by atoms with Crippen molar-refractivity contribution in [3.05, 3.63) is 0 Å². The van der Waals surface area contributed by atoms with Gasteiger partial charge in [-0.15, -0.1) is 0 Å². The summed E-state index contributed by atoms with van der Waals surface area (Å²) in [5, 5.41) is 6.30. The molecule has 2 rings (SSSR count). The fourth-order valence-electron chi connectivity index (χ4n) is 3.55. The van der Waals surface area contributed by atoms with Gasteiger partial charge in [0.05, 0.1) is 0 Å². The molecule has 1 spiro atoms. The summed E-state index contributed by atoms with van der Waals surface area (Å²) in [6, 6.07) is 0. The Morgan fingerprint density at radius 1 is 1.19 bits per heavy atom. The predicted molar refractivity (Wildman–Crippen MR) is 86.3 cm³/mol. The number of carbonyl (C=O) groups is 1. The zero-order chi connectivity index (χ0) is 15.3. The van der Waals surface area contributed by atoms with Crippen molar-refractivity contribution in [2.75, 3.05) is 33.2 Å². The van der Waals surface area contributed by atoms with Gasteiger partial charge in [0.2, 0.25) is 5.91 Å². The molecular weight excluding hydrogens is 264 g/mol. The second-order valence-corrected chi connectivity index (χ2v) is 6.80. The Morgan fingerprint density at radius 3 is 2.48 bits per heavy atom. The second kappa shape index (κ2) is 7.14. The third-order valence-corrected chi connectivity index (χ3v) is 4.85. The molecule has 1 heterocycles. The van der Waals surface area contributed by atoms with Crippen LogP contribution < -0.4 is 10.6 Å². The Bertz CT molecular complexity index is 386. The lowest BCUT2D eigenvalue weighted by molar-refractivity contribution is -0.123. The Balaban J connectivity index is 1.73. The third-order valence-electron chi connectivity index (χ3n) is 4.85. The number of nitrogens with zero attached hydrogens (tertiary/aromatic N) is 2. The van der Waals surface area contributed by atoms with Crippen molar-refractivity contribution in [2.24, 2.45) is 16.3 Å². The Hall–Kier alpha value is -1.26. The predicted octanol–water partition coefficient (Wildman–Crippen LogP) is 1.60. The van der Waals surface area contributed by atoms with Gasteiger partial charge in [0.15, 0.2) is 5.96 Å². The van der Waals surface area contributed by atoms with Gasteiger partial charge >= 0.3 is 0 Å². The standard InChI is InChI=1S/C16H30N4O/c1-13(2)14(21)18-9-10-19-15(17-3)20-11-8-16(12-20)6-4-5-7-16/h13H,4-12H2,1-3H3,(H,17,19)(H,18,21). The number of amides is 1. The number of hydrogen-bond acceptors (Lipinski definition) is 2. The molecule has 0 aromatic heterocycles. The summed E-state index contributed by atoms with van der Waals surface area (Å²) in [6.45, 7) is 7.45. The zero-order valence-corrected chi connectivity index (χ0v) is 13.7. The van der Waals surface area contributed by atoms with Crippen LogP contribution in [0.25, 0.3) is 0 Å². The van der Waals surface area contributed by atoms with Crippen molar-refractivity contribution in [2.45, 2.75) is 46.0 Å². The minimum absolute atomic E-state index is 0.0464. The maximum absolute atomic E-state index is 11.5. The van der Waals surface area contributed by atoms with Crippen LogP contribution in [0.3, 0.4) is 0 Å². The molecule has 5 nitrogen and oxygen atoms in total. The van der Waals surface area contributed by atoms with Crippen LogP contribution in [0.2, 0.25) is 0 Å². The summed E-state index contributed by atoms with van der Waals surface area (Å²) in [6.07, 6.45) is 6.84. The van der Waals surface area contributed by atoms with Gasteiger partial charge in [-0.1, -0.05) is 26.7 Å². The number of aliphatic imine (C=N–C) groups is 1. The van der Waals surface area contributed by atoms with Gasteiger partial charge in [-0.2, -0.15) is 0 Å². The highest BCUT2D eigenvalue weighted by molar-refractivity contribution is 5.80. The van der Waals surface area contributed by atoms with Crippen LogP contribution >= 0.6 is 0 Å². The highest BCUT2D eigenvalue weighted by atomic mass is 16.1. The average Bonchev–Trinajstić information content (AvgIpc) is 3.09. The molecule has 0 atom stereocenters. The molecule has 0 radical (unpaired) electrons. The summed E-state index contributed by atoms with van der Waals surface area (Å²) in [4.78, 5) is 18.3. The van der Waals surface area contributed by atoms with E-state index in [4.69, 9.17) is 0 Å². The summed E-state index contributed by atoms with van der Waals surface area (Å²) >= 11 is 0. The van der Waals surface area contributed by atoms with E-state index in [2.05, 4.69) is 20.5 Å². The highest BCUT2D eigenvalue weighted by Gasteiger charge is 2.40. The van der Waals surface area contributed by atoms with E-state index in [9.17, 15) is 4.79 Å². The van der Waals surface area contributed by atoms with Crippen molar-refractivity contribution in [1.82, 2.24) is 15.5 Å². The number of guanidine groups is 1. The van der Waals surface area contributed by atoms with E-state index >= 15 is 0 Å². The molecule has 0 aromatic carbocycles. The molecule has 1 amide bonds. The van der Waals surface area contributed by atoms with E-state index in [1.54, 1.807) is 0 Å². The molecule has 0 aromatic rings. The van der Waals surface area contributed by atoms with Gasteiger partial charge in [-0.3, -0.25) is 9.79 Å². The van der Waals surface area contributed by atoms with Gasteiger partial charge in [0.1, 0.15) is 0 Å². The molecule has 0 unspecified atom stereocenters.